The van der Waals surface area contributed by atoms with Crippen LogP contribution in [0.25, 0.3) is 11.4 Å². The molecule has 1 aromatic heterocycles. The van der Waals surface area contributed by atoms with Crippen molar-refractivity contribution in [2.75, 3.05) is 17.7 Å². The summed E-state index contributed by atoms with van der Waals surface area (Å²) in [6.07, 6.45) is -0.0869. The topological polar surface area (TPSA) is 116 Å². The molecule has 2 N–H and O–H groups in total. The van der Waals surface area contributed by atoms with Crippen LogP contribution in [0.1, 0.15) is 19.2 Å². The van der Waals surface area contributed by atoms with Crippen molar-refractivity contribution in [3.63, 3.8) is 0 Å². The minimum absolute atomic E-state index is 0.163. The standard InChI is InChI=1S/C21H20N4O5/c1-12-21(27)23-16-11-14(6-7-17(16)29-12)22-18(26)8-9-19-24-20(25-30-19)13-4-3-5-15(10-13)28-2/h3-7,10-12H,8-9H2,1-2H3,(H,22,26)(H,23,27)/t12-/m1/s1. The first-order valence-electron chi connectivity index (χ1n) is 9.40. The van der Waals surface area contributed by atoms with Crippen LogP contribution < -0.4 is 20.1 Å². The molecule has 3 aromatic rings. The summed E-state index contributed by atoms with van der Waals surface area (Å²) in [5.74, 6) is 1.61. The van der Waals surface area contributed by atoms with Gasteiger partial charge in [0.25, 0.3) is 5.91 Å². The van der Waals surface area contributed by atoms with E-state index in [1.165, 1.54) is 0 Å². The second kappa shape index (κ2) is 8.24. The molecular formula is C21H20N4O5. The Labute approximate surface area is 172 Å². The van der Waals surface area contributed by atoms with Gasteiger partial charge in [-0.05, 0) is 37.3 Å². The number of rotatable bonds is 6. The first kappa shape index (κ1) is 19.4. The Morgan fingerprint density at radius 2 is 2.13 bits per heavy atom. The normalized spacial score (nSPS) is 15.0. The van der Waals surface area contributed by atoms with Crippen molar-refractivity contribution in [1.29, 1.82) is 0 Å². The third kappa shape index (κ3) is 4.24. The fourth-order valence-corrected chi connectivity index (χ4v) is 2.97. The zero-order chi connectivity index (χ0) is 21.1. The summed E-state index contributed by atoms with van der Waals surface area (Å²) < 4.78 is 15.9. The largest absolute Gasteiger partial charge is 0.497 e. The molecule has 9 nitrogen and oxygen atoms in total. The number of aryl methyl sites for hydroxylation is 1. The highest BCUT2D eigenvalue weighted by Gasteiger charge is 2.23. The summed E-state index contributed by atoms with van der Waals surface area (Å²) in [6, 6.07) is 12.4. The van der Waals surface area contributed by atoms with Gasteiger partial charge in [-0.25, -0.2) is 0 Å². The van der Waals surface area contributed by atoms with E-state index in [9.17, 15) is 9.59 Å². The molecule has 0 unspecified atom stereocenters. The van der Waals surface area contributed by atoms with Gasteiger partial charge in [-0.1, -0.05) is 17.3 Å². The number of ether oxygens (including phenoxy) is 2. The molecule has 1 aliphatic rings. The van der Waals surface area contributed by atoms with Crippen LogP contribution in [0.3, 0.4) is 0 Å². The first-order valence-corrected chi connectivity index (χ1v) is 9.40. The Kier molecular flexibility index (Phi) is 5.34. The molecule has 0 fully saturated rings. The van der Waals surface area contributed by atoms with Crippen LogP contribution in [0.15, 0.2) is 47.0 Å². The molecule has 0 saturated heterocycles. The number of carbonyl (C=O) groups excluding carboxylic acids is 2. The molecule has 30 heavy (non-hydrogen) atoms. The van der Waals surface area contributed by atoms with Crippen molar-refractivity contribution < 1.29 is 23.6 Å². The molecule has 9 heteroatoms. The number of carbonyl (C=O) groups is 2. The van der Waals surface area contributed by atoms with Gasteiger partial charge in [-0.2, -0.15) is 4.98 Å². The van der Waals surface area contributed by atoms with Gasteiger partial charge >= 0.3 is 0 Å². The van der Waals surface area contributed by atoms with Crippen LogP contribution in [0.5, 0.6) is 11.5 Å². The smallest absolute Gasteiger partial charge is 0.265 e. The third-order valence-electron chi connectivity index (χ3n) is 4.56. The lowest BCUT2D eigenvalue weighted by atomic mass is 10.2. The van der Waals surface area contributed by atoms with Gasteiger partial charge in [0, 0.05) is 24.1 Å². The van der Waals surface area contributed by atoms with Gasteiger partial charge in [0.15, 0.2) is 6.10 Å². The maximum Gasteiger partial charge on any atom is 0.265 e. The predicted molar refractivity (Wildman–Crippen MR) is 108 cm³/mol. The van der Waals surface area contributed by atoms with E-state index in [0.717, 1.165) is 5.56 Å². The van der Waals surface area contributed by atoms with Crippen molar-refractivity contribution in [1.82, 2.24) is 10.1 Å². The summed E-state index contributed by atoms with van der Waals surface area (Å²) in [4.78, 5) is 28.4. The fraction of sp³-hybridized carbons (Fsp3) is 0.238. The predicted octanol–water partition coefficient (Wildman–Crippen LogP) is 3.04. The maximum absolute atomic E-state index is 12.3. The molecular weight excluding hydrogens is 388 g/mol. The molecule has 0 saturated carbocycles. The number of hydrogen-bond acceptors (Lipinski definition) is 7. The van der Waals surface area contributed by atoms with E-state index >= 15 is 0 Å². The van der Waals surface area contributed by atoms with Crippen molar-refractivity contribution in [3.05, 3.63) is 48.4 Å². The quantitative estimate of drug-likeness (QED) is 0.644. The monoisotopic (exact) mass is 408 g/mol. The van der Waals surface area contributed by atoms with Gasteiger partial charge in [0.05, 0.1) is 12.8 Å². The summed E-state index contributed by atoms with van der Waals surface area (Å²) in [7, 11) is 1.59. The van der Waals surface area contributed by atoms with Crippen molar-refractivity contribution >= 4 is 23.2 Å². The molecule has 2 amide bonds. The van der Waals surface area contributed by atoms with E-state index in [2.05, 4.69) is 20.8 Å². The molecule has 0 radical (unpaired) electrons. The Bertz CT molecular complexity index is 1090. The highest BCUT2D eigenvalue weighted by Crippen LogP contribution is 2.32. The fourth-order valence-electron chi connectivity index (χ4n) is 2.97. The second-order valence-corrected chi connectivity index (χ2v) is 6.75. The minimum atomic E-state index is -0.547. The van der Waals surface area contributed by atoms with E-state index in [-0.39, 0.29) is 18.2 Å². The van der Waals surface area contributed by atoms with Crippen LogP contribution in [0.2, 0.25) is 0 Å². The number of benzene rings is 2. The Morgan fingerprint density at radius 3 is 2.97 bits per heavy atom. The van der Waals surface area contributed by atoms with Crippen molar-refractivity contribution in [2.45, 2.75) is 25.9 Å². The SMILES string of the molecule is COc1cccc(-c2noc(CCC(=O)Nc3ccc4c(c3)NC(=O)[C@@H](C)O4)n2)c1. The highest BCUT2D eigenvalue weighted by atomic mass is 16.5. The van der Waals surface area contributed by atoms with Crippen LogP contribution in [-0.4, -0.2) is 35.2 Å². The molecule has 4 rings (SSSR count). The first-order chi connectivity index (χ1) is 14.5. The Balaban J connectivity index is 1.35. The second-order valence-electron chi connectivity index (χ2n) is 6.75. The summed E-state index contributed by atoms with van der Waals surface area (Å²) in [6.45, 7) is 1.67. The summed E-state index contributed by atoms with van der Waals surface area (Å²) >= 11 is 0. The number of methoxy groups -OCH3 is 1. The molecule has 0 aliphatic carbocycles. The van der Waals surface area contributed by atoms with Crippen molar-refractivity contribution in [3.8, 4) is 22.9 Å². The number of hydrogen-bond donors (Lipinski definition) is 2. The summed E-state index contributed by atoms with van der Waals surface area (Å²) in [5, 5.41) is 9.50. The molecule has 1 atom stereocenters. The molecule has 2 heterocycles. The number of amides is 2. The molecule has 1 aliphatic heterocycles. The van der Waals surface area contributed by atoms with Crippen LogP contribution >= 0.6 is 0 Å². The van der Waals surface area contributed by atoms with Crippen LogP contribution in [0.4, 0.5) is 11.4 Å². The number of anilines is 2. The molecule has 0 spiro atoms. The van der Waals surface area contributed by atoms with Gasteiger partial charge in [0.2, 0.25) is 17.6 Å². The van der Waals surface area contributed by atoms with E-state index in [4.69, 9.17) is 14.0 Å². The van der Waals surface area contributed by atoms with Crippen molar-refractivity contribution in [2.24, 2.45) is 0 Å². The van der Waals surface area contributed by atoms with Gasteiger partial charge in [-0.15, -0.1) is 0 Å². The average molecular weight is 408 g/mol. The Hall–Kier alpha value is -3.88. The van der Waals surface area contributed by atoms with Gasteiger partial charge in [0.1, 0.15) is 11.5 Å². The summed E-state index contributed by atoms with van der Waals surface area (Å²) in [5.41, 5.74) is 1.84. The van der Waals surface area contributed by atoms with E-state index in [0.29, 0.717) is 41.0 Å². The van der Waals surface area contributed by atoms with Crippen LogP contribution in [-0.2, 0) is 16.0 Å². The number of nitrogens with one attached hydrogen (secondary N) is 2. The zero-order valence-corrected chi connectivity index (χ0v) is 16.5. The Morgan fingerprint density at radius 1 is 1.27 bits per heavy atom. The molecule has 2 aromatic carbocycles. The highest BCUT2D eigenvalue weighted by molar-refractivity contribution is 5.99. The van der Waals surface area contributed by atoms with E-state index < -0.39 is 6.10 Å². The third-order valence-corrected chi connectivity index (χ3v) is 4.56. The van der Waals surface area contributed by atoms with Gasteiger partial charge in [-0.3, -0.25) is 9.59 Å². The lowest BCUT2D eigenvalue weighted by Crippen LogP contribution is -2.34. The van der Waals surface area contributed by atoms with Crippen LogP contribution in [0, 0.1) is 0 Å². The number of aromatic nitrogens is 2. The van der Waals surface area contributed by atoms with Gasteiger partial charge < -0.3 is 24.6 Å². The maximum atomic E-state index is 12.3. The van der Waals surface area contributed by atoms with E-state index in [1.807, 2.05) is 18.2 Å². The number of fused-ring (bicyclic) bond motifs is 1. The zero-order valence-electron chi connectivity index (χ0n) is 16.5. The minimum Gasteiger partial charge on any atom is -0.497 e. The average Bonchev–Trinajstić information content (AvgIpc) is 3.22. The lowest BCUT2D eigenvalue weighted by Gasteiger charge is -2.23. The number of nitrogens with zero attached hydrogens (tertiary/aromatic N) is 2. The molecule has 154 valence electrons. The van der Waals surface area contributed by atoms with E-state index in [1.54, 1.807) is 38.3 Å². The molecule has 0 bridgehead atoms. The lowest BCUT2D eigenvalue weighted by molar-refractivity contribution is -0.122.